The summed E-state index contributed by atoms with van der Waals surface area (Å²) in [7, 11) is 1.30. The minimum Gasteiger partial charge on any atom is -0.465 e. The monoisotopic (exact) mass is 743 g/mol. The van der Waals surface area contributed by atoms with Crippen LogP contribution in [0.2, 0.25) is 10.0 Å². The van der Waals surface area contributed by atoms with Crippen molar-refractivity contribution in [3.63, 3.8) is 0 Å². The Morgan fingerprint density at radius 2 is 1.60 bits per heavy atom. The fourth-order valence-electron chi connectivity index (χ4n) is 4.75. The van der Waals surface area contributed by atoms with E-state index in [1.807, 2.05) is 42.6 Å². The molecule has 1 aromatic heterocycles. The second-order valence-corrected chi connectivity index (χ2v) is 14.0. The minimum atomic E-state index is -0.601. The molecule has 4 aromatic carbocycles. The van der Waals surface area contributed by atoms with Crippen molar-refractivity contribution in [3.05, 3.63) is 140 Å². The minimum absolute atomic E-state index is 0.0591. The number of amides is 3. The molecule has 0 fully saturated rings. The van der Waals surface area contributed by atoms with Gasteiger partial charge in [-0.05, 0) is 67.4 Å². The molecule has 1 atom stereocenters. The lowest BCUT2D eigenvalue weighted by Crippen LogP contribution is -2.30. The first-order chi connectivity index (χ1) is 24.0. The zero-order valence-corrected chi connectivity index (χ0v) is 30.2. The number of esters is 1. The highest BCUT2D eigenvalue weighted by atomic mass is 35.5. The van der Waals surface area contributed by atoms with E-state index in [1.165, 1.54) is 36.3 Å². The zero-order valence-electron chi connectivity index (χ0n) is 27.1. The summed E-state index contributed by atoms with van der Waals surface area (Å²) in [4.78, 5) is 53.4. The Labute approximate surface area is 307 Å². The number of hydrogen-bond acceptors (Lipinski definition) is 7. The van der Waals surface area contributed by atoms with E-state index in [-0.39, 0.29) is 16.6 Å². The van der Waals surface area contributed by atoms with E-state index in [4.69, 9.17) is 27.9 Å². The summed E-state index contributed by atoms with van der Waals surface area (Å²) in [6.45, 7) is 3.72. The van der Waals surface area contributed by atoms with Crippen LogP contribution in [0.25, 0.3) is 17.2 Å². The van der Waals surface area contributed by atoms with Crippen LogP contribution in [0.15, 0.2) is 113 Å². The highest BCUT2D eigenvalue weighted by molar-refractivity contribution is 8.00. The molecule has 0 bridgehead atoms. The number of aryl methyl sites for hydroxylation is 1. The number of nitrogens with one attached hydrogen (secondary N) is 3. The number of ether oxygens (including phenoxy) is 1. The first-order valence-corrected chi connectivity index (χ1v) is 17.7. The van der Waals surface area contributed by atoms with Crippen LogP contribution in [-0.2, 0) is 14.3 Å². The molecule has 0 spiro atoms. The molecule has 5 rings (SSSR count). The van der Waals surface area contributed by atoms with Crippen molar-refractivity contribution in [2.75, 3.05) is 17.7 Å². The van der Waals surface area contributed by atoms with Gasteiger partial charge in [0.15, 0.2) is 0 Å². The van der Waals surface area contributed by atoms with Gasteiger partial charge in [0, 0.05) is 27.1 Å². The van der Waals surface area contributed by atoms with E-state index >= 15 is 0 Å². The molecule has 0 radical (unpaired) electrons. The smallest absolute Gasteiger partial charge is 0.341 e. The number of hydrogen-bond donors (Lipinski definition) is 3. The van der Waals surface area contributed by atoms with Gasteiger partial charge in [0.25, 0.3) is 11.8 Å². The molecular formula is C38H31Cl2N3O5S2. The highest BCUT2D eigenvalue weighted by Gasteiger charge is 2.24. The standard InChI is InChI=1S/C38H31Cl2N3O5S2/c1-22-15-17-24(18-16-22)29-21-49-37(32(29)38(47)48-3)43-34(44)23(2)50-28-13-8-12-27(20-28)41-36(46)31(19-26-11-7-14-30(39)33(26)40)42-35(45)25-9-5-4-6-10-25/h4-21,23H,1-3H3,(H,41,46)(H,42,45)(H,43,44)/b31-19+. The van der Waals surface area contributed by atoms with Gasteiger partial charge in [-0.1, -0.05) is 89.4 Å². The number of thiophene rings is 1. The van der Waals surface area contributed by atoms with Crippen molar-refractivity contribution in [2.24, 2.45) is 0 Å². The van der Waals surface area contributed by atoms with Gasteiger partial charge >= 0.3 is 5.97 Å². The number of rotatable bonds is 11. The summed E-state index contributed by atoms with van der Waals surface area (Å²) in [5, 5.41) is 10.6. The summed E-state index contributed by atoms with van der Waals surface area (Å²) in [6, 6.07) is 28.2. The van der Waals surface area contributed by atoms with Crippen molar-refractivity contribution in [2.45, 2.75) is 24.0 Å². The van der Waals surface area contributed by atoms with Crippen LogP contribution in [0.4, 0.5) is 10.7 Å². The van der Waals surface area contributed by atoms with Crippen molar-refractivity contribution in [1.29, 1.82) is 0 Å². The summed E-state index contributed by atoms with van der Waals surface area (Å²) in [5.41, 5.74) is 4.05. The van der Waals surface area contributed by atoms with Gasteiger partial charge < -0.3 is 20.7 Å². The van der Waals surface area contributed by atoms with Crippen LogP contribution in [0.1, 0.15) is 38.8 Å². The second kappa shape index (κ2) is 16.7. The molecule has 0 aliphatic heterocycles. The van der Waals surface area contributed by atoms with Crippen LogP contribution in [-0.4, -0.2) is 36.1 Å². The normalized spacial score (nSPS) is 11.7. The Bertz CT molecular complexity index is 2080. The summed E-state index contributed by atoms with van der Waals surface area (Å²) < 4.78 is 5.05. The molecule has 3 amide bonds. The molecule has 5 aromatic rings. The third-order valence-electron chi connectivity index (χ3n) is 7.36. The maximum atomic E-state index is 13.6. The Hall–Kier alpha value is -4.87. The molecule has 0 saturated carbocycles. The number of carbonyl (C=O) groups is 4. The topological polar surface area (TPSA) is 114 Å². The lowest BCUT2D eigenvalue weighted by molar-refractivity contribution is -0.115. The van der Waals surface area contributed by atoms with Crippen LogP contribution >= 0.6 is 46.3 Å². The molecule has 254 valence electrons. The predicted octanol–water partition coefficient (Wildman–Crippen LogP) is 9.35. The third-order valence-corrected chi connectivity index (χ3v) is 10.2. The Morgan fingerprint density at radius 1 is 0.880 bits per heavy atom. The molecule has 0 aliphatic carbocycles. The maximum absolute atomic E-state index is 13.6. The number of carbonyl (C=O) groups excluding carboxylic acids is 4. The number of thioether (sulfide) groups is 1. The van der Waals surface area contributed by atoms with Gasteiger partial charge in [-0.25, -0.2) is 4.79 Å². The first-order valence-electron chi connectivity index (χ1n) is 15.2. The van der Waals surface area contributed by atoms with Gasteiger partial charge in [-0.3, -0.25) is 14.4 Å². The lowest BCUT2D eigenvalue weighted by atomic mass is 10.0. The largest absolute Gasteiger partial charge is 0.465 e. The van der Waals surface area contributed by atoms with E-state index in [0.29, 0.717) is 42.9 Å². The van der Waals surface area contributed by atoms with Crippen LogP contribution < -0.4 is 16.0 Å². The van der Waals surface area contributed by atoms with Crippen molar-refractivity contribution >= 4 is 86.8 Å². The first kappa shape index (κ1) is 36.4. The second-order valence-electron chi connectivity index (χ2n) is 11.0. The van der Waals surface area contributed by atoms with E-state index in [0.717, 1.165) is 11.1 Å². The third kappa shape index (κ3) is 9.02. The Balaban J connectivity index is 1.31. The van der Waals surface area contributed by atoms with Gasteiger partial charge in [0.1, 0.15) is 16.3 Å². The Morgan fingerprint density at radius 3 is 2.32 bits per heavy atom. The van der Waals surface area contributed by atoms with E-state index in [1.54, 1.807) is 73.7 Å². The van der Waals surface area contributed by atoms with Gasteiger partial charge in [0.05, 0.1) is 22.4 Å². The average Bonchev–Trinajstić information content (AvgIpc) is 3.53. The van der Waals surface area contributed by atoms with E-state index in [2.05, 4.69) is 16.0 Å². The number of methoxy groups -OCH3 is 1. The Kier molecular flexibility index (Phi) is 12.2. The van der Waals surface area contributed by atoms with Crippen LogP contribution in [0.5, 0.6) is 0 Å². The van der Waals surface area contributed by atoms with Crippen molar-refractivity contribution in [1.82, 2.24) is 5.32 Å². The fraction of sp³-hybridized carbons (Fsp3) is 0.105. The molecule has 0 saturated heterocycles. The number of benzene rings is 4. The lowest BCUT2D eigenvalue weighted by Gasteiger charge is -2.14. The van der Waals surface area contributed by atoms with Gasteiger partial charge in [-0.15, -0.1) is 23.1 Å². The maximum Gasteiger partial charge on any atom is 0.341 e. The van der Waals surface area contributed by atoms with Gasteiger partial charge in [0.2, 0.25) is 5.91 Å². The zero-order chi connectivity index (χ0) is 35.8. The van der Waals surface area contributed by atoms with Crippen LogP contribution in [0, 0.1) is 6.92 Å². The van der Waals surface area contributed by atoms with Gasteiger partial charge in [-0.2, -0.15) is 0 Å². The summed E-state index contributed by atoms with van der Waals surface area (Å²) >= 11 is 15.1. The fourth-order valence-corrected chi connectivity index (χ4v) is 7.00. The van der Waals surface area contributed by atoms with E-state index in [9.17, 15) is 19.2 Å². The molecule has 50 heavy (non-hydrogen) atoms. The molecule has 0 aliphatic rings. The molecule has 1 heterocycles. The summed E-state index contributed by atoms with van der Waals surface area (Å²) in [5.74, 6) is -1.96. The van der Waals surface area contributed by atoms with Crippen LogP contribution in [0.3, 0.4) is 0 Å². The highest BCUT2D eigenvalue weighted by Crippen LogP contribution is 2.37. The quantitative estimate of drug-likeness (QED) is 0.0706. The predicted molar refractivity (Wildman–Crippen MR) is 203 cm³/mol. The van der Waals surface area contributed by atoms with E-state index < -0.39 is 23.0 Å². The number of anilines is 2. The van der Waals surface area contributed by atoms with Crippen molar-refractivity contribution in [3.8, 4) is 11.1 Å². The SMILES string of the molecule is COC(=O)c1c(-c2ccc(C)cc2)csc1NC(=O)C(C)Sc1cccc(NC(=O)/C(=C\c2cccc(Cl)c2Cl)NC(=O)c2ccccc2)c1. The summed E-state index contributed by atoms with van der Waals surface area (Å²) in [6.07, 6.45) is 1.45. The molecular weight excluding hydrogens is 713 g/mol. The molecule has 1 unspecified atom stereocenters. The molecule has 8 nitrogen and oxygen atoms in total. The average molecular weight is 745 g/mol. The molecule has 3 N–H and O–H groups in total. The number of halogens is 2. The molecule has 12 heteroatoms. The van der Waals surface area contributed by atoms with Crippen molar-refractivity contribution < 1.29 is 23.9 Å².